The van der Waals surface area contributed by atoms with Gasteiger partial charge in [-0.2, -0.15) is 0 Å². The highest BCUT2D eigenvalue weighted by Gasteiger charge is 2.39. The van der Waals surface area contributed by atoms with Crippen LogP contribution >= 0.6 is 0 Å². The van der Waals surface area contributed by atoms with Crippen LogP contribution < -0.4 is 0 Å². The highest BCUT2D eigenvalue weighted by atomic mass is 16.6. The number of esters is 1. The zero-order chi connectivity index (χ0) is 19.6. The van der Waals surface area contributed by atoms with E-state index in [0.29, 0.717) is 0 Å². The fourth-order valence-electron chi connectivity index (χ4n) is 3.82. The normalized spacial score (nSPS) is 11.4. The van der Waals surface area contributed by atoms with Gasteiger partial charge in [0, 0.05) is 23.6 Å². The van der Waals surface area contributed by atoms with Gasteiger partial charge in [-0.15, -0.1) is 0 Å². The Balaban J connectivity index is 2.06. The summed E-state index contributed by atoms with van der Waals surface area (Å²) in [5.74, 6) is -0.322. The van der Waals surface area contributed by atoms with Crippen LogP contribution in [0.1, 0.15) is 29.2 Å². The first kappa shape index (κ1) is 18.0. The Labute approximate surface area is 165 Å². The summed E-state index contributed by atoms with van der Waals surface area (Å²) >= 11 is 0. The van der Waals surface area contributed by atoms with E-state index in [0.717, 1.165) is 27.5 Å². The van der Waals surface area contributed by atoms with Gasteiger partial charge >= 0.3 is 5.97 Å². The van der Waals surface area contributed by atoms with E-state index in [1.807, 2.05) is 60.7 Å². The summed E-state index contributed by atoms with van der Waals surface area (Å²) in [5.41, 5.74) is 2.96. The van der Waals surface area contributed by atoms with Crippen LogP contribution in [-0.4, -0.2) is 5.97 Å². The van der Waals surface area contributed by atoms with Gasteiger partial charge < -0.3 is 4.74 Å². The quantitative estimate of drug-likeness (QED) is 0.327. The molecule has 4 aromatic carbocycles. The zero-order valence-corrected chi connectivity index (χ0v) is 16.1. The Hall–Kier alpha value is -3.39. The number of benzene rings is 4. The monoisotopic (exact) mass is 366 g/mol. The Morgan fingerprint density at radius 1 is 0.679 bits per heavy atom. The largest absolute Gasteiger partial charge is 0.444 e. The molecule has 0 bridgehead atoms. The molecule has 2 heteroatoms. The smallest absolute Gasteiger partial charge is 0.304 e. The molecule has 0 atom stereocenters. The summed E-state index contributed by atoms with van der Waals surface area (Å²) < 4.78 is 6.14. The first-order chi connectivity index (χ1) is 13.6. The van der Waals surface area contributed by atoms with E-state index < -0.39 is 5.60 Å². The minimum Gasteiger partial charge on any atom is -0.444 e. The SMILES string of the molecule is CC(=O)OC(c1ccccc1)(c1ccccc1)c1ccc2ccc(C)cc2c1. The molecule has 28 heavy (non-hydrogen) atoms. The molecule has 138 valence electrons. The fourth-order valence-corrected chi connectivity index (χ4v) is 3.82. The van der Waals surface area contributed by atoms with Crippen molar-refractivity contribution in [1.82, 2.24) is 0 Å². The van der Waals surface area contributed by atoms with Crippen molar-refractivity contribution in [3.8, 4) is 0 Å². The van der Waals surface area contributed by atoms with Crippen molar-refractivity contribution >= 4 is 16.7 Å². The fraction of sp³-hybridized carbons (Fsp3) is 0.115. The van der Waals surface area contributed by atoms with Gasteiger partial charge in [0.25, 0.3) is 0 Å². The van der Waals surface area contributed by atoms with E-state index in [1.165, 1.54) is 12.5 Å². The van der Waals surface area contributed by atoms with Gasteiger partial charge in [-0.3, -0.25) is 4.79 Å². The number of ether oxygens (including phenoxy) is 1. The average Bonchev–Trinajstić information content (AvgIpc) is 2.72. The third-order valence-corrected chi connectivity index (χ3v) is 5.06. The van der Waals surface area contributed by atoms with E-state index in [2.05, 4.69) is 43.3 Å². The van der Waals surface area contributed by atoms with Gasteiger partial charge in [-0.05, 0) is 23.8 Å². The maximum atomic E-state index is 12.3. The lowest BCUT2D eigenvalue weighted by Gasteiger charge is -2.35. The lowest BCUT2D eigenvalue weighted by molar-refractivity contribution is -0.150. The van der Waals surface area contributed by atoms with E-state index in [4.69, 9.17) is 4.74 Å². The molecular formula is C26H22O2. The maximum Gasteiger partial charge on any atom is 0.304 e. The molecule has 4 rings (SSSR count). The minimum absolute atomic E-state index is 0.322. The zero-order valence-electron chi connectivity index (χ0n) is 16.1. The molecule has 0 N–H and O–H groups in total. The van der Waals surface area contributed by atoms with Crippen molar-refractivity contribution in [3.63, 3.8) is 0 Å². The molecule has 2 nitrogen and oxygen atoms in total. The van der Waals surface area contributed by atoms with Gasteiger partial charge in [-0.1, -0.05) is 96.6 Å². The van der Waals surface area contributed by atoms with Crippen LogP contribution in [0.5, 0.6) is 0 Å². The van der Waals surface area contributed by atoms with Crippen LogP contribution in [0.15, 0.2) is 97.1 Å². The third-order valence-electron chi connectivity index (χ3n) is 5.06. The Morgan fingerprint density at radius 2 is 1.25 bits per heavy atom. The molecular weight excluding hydrogens is 344 g/mol. The standard InChI is InChI=1S/C26H22O2/c1-19-13-14-21-15-16-25(18-22(21)17-19)26(28-20(2)27,23-9-5-3-6-10-23)24-11-7-4-8-12-24/h3-18H,1-2H3. The highest BCUT2D eigenvalue weighted by molar-refractivity contribution is 5.84. The lowest BCUT2D eigenvalue weighted by atomic mass is 9.79. The topological polar surface area (TPSA) is 26.3 Å². The van der Waals surface area contributed by atoms with Crippen LogP contribution in [0.25, 0.3) is 10.8 Å². The third kappa shape index (κ3) is 3.18. The van der Waals surface area contributed by atoms with Gasteiger partial charge in [0.1, 0.15) is 0 Å². The van der Waals surface area contributed by atoms with Crippen molar-refractivity contribution in [2.75, 3.05) is 0 Å². The van der Waals surface area contributed by atoms with Gasteiger partial charge in [-0.25, -0.2) is 0 Å². The predicted molar refractivity (Wildman–Crippen MR) is 113 cm³/mol. The van der Waals surface area contributed by atoms with E-state index in [-0.39, 0.29) is 5.97 Å². The van der Waals surface area contributed by atoms with E-state index in [1.54, 1.807) is 0 Å². The number of hydrogen-bond acceptors (Lipinski definition) is 2. The van der Waals surface area contributed by atoms with Crippen LogP contribution in [-0.2, 0) is 15.1 Å². The van der Waals surface area contributed by atoms with Crippen LogP contribution in [0, 0.1) is 6.92 Å². The van der Waals surface area contributed by atoms with Crippen LogP contribution in [0.2, 0.25) is 0 Å². The van der Waals surface area contributed by atoms with Crippen LogP contribution in [0.4, 0.5) is 0 Å². The molecule has 0 fully saturated rings. The number of hydrogen-bond donors (Lipinski definition) is 0. The van der Waals surface area contributed by atoms with E-state index >= 15 is 0 Å². The molecule has 0 saturated carbocycles. The predicted octanol–water partition coefficient (Wildman–Crippen LogP) is 6.00. The summed E-state index contributed by atoms with van der Waals surface area (Å²) in [5, 5.41) is 2.29. The molecule has 0 unspecified atom stereocenters. The summed E-state index contributed by atoms with van der Waals surface area (Å²) in [6, 6.07) is 32.5. The average molecular weight is 366 g/mol. The van der Waals surface area contributed by atoms with E-state index in [9.17, 15) is 4.79 Å². The highest BCUT2D eigenvalue weighted by Crippen LogP contribution is 2.41. The second-order valence-corrected chi connectivity index (χ2v) is 7.07. The number of fused-ring (bicyclic) bond motifs is 1. The van der Waals surface area contributed by atoms with Crippen LogP contribution in [0.3, 0.4) is 0 Å². The first-order valence-corrected chi connectivity index (χ1v) is 9.41. The number of carbonyl (C=O) groups is 1. The number of aryl methyl sites for hydroxylation is 1. The lowest BCUT2D eigenvalue weighted by Crippen LogP contribution is -2.34. The second kappa shape index (κ2) is 7.32. The molecule has 0 spiro atoms. The molecule has 0 aliphatic rings. The molecule has 0 radical (unpaired) electrons. The first-order valence-electron chi connectivity index (χ1n) is 9.41. The summed E-state index contributed by atoms with van der Waals surface area (Å²) in [6.07, 6.45) is 0. The van der Waals surface area contributed by atoms with Crippen molar-refractivity contribution in [2.24, 2.45) is 0 Å². The number of carbonyl (C=O) groups excluding carboxylic acids is 1. The minimum atomic E-state index is -1.01. The molecule has 0 saturated heterocycles. The van der Waals surface area contributed by atoms with Gasteiger partial charge in [0.15, 0.2) is 5.60 Å². The molecule has 0 aromatic heterocycles. The Morgan fingerprint density at radius 3 is 1.82 bits per heavy atom. The van der Waals surface area contributed by atoms with Crippen molar-refractivity contribution < 1.29 is 9.53 Å². The number of rotatable bonds is 4. The molecule has 0 aliphatic heterocycles. The summed E-state index contributed by atoms with van der Waals surface area (Å²) in [6.45, 7) is 3.55. The Kier molecular flexibility index (Phi) is 4.70. The van der Waals surface area contributed by atoms with Crippen molar-refractivity contribution in [3.05, 3.63) is 119 Å². The maximum absolute atomic E-state index is 12.3. The van der Waals surface area contributed by atoms with Gasteiger partial charge in [0.05, 0.1) is 0 Å². The molecule has 0 amide bonds. The molecule has 0 aliphatic carbocycles. The van der Waals surface area contributed by atoms with Gasteiger partial charge in [0.2, 0.25) is 0 Å². The molecule has 4 aromatic rings. The van der Waals surface area contributed by atoms with Crippen molar-refractivity contribution in [2.45, 2.75) is 19.4 Å². The second-order valence-electron chi connectivity index (χ2n) is 7.07. The van der Waals surface area contributed by atoms with Crippen molar-refractivity contribution in [1.29, 1.82) is 0 Å². The summed E-state index contributed by atoms with van der Waals surface area (Å²) in [4.78, 5) is 12.3. The summed E-state index contributed by atoms with van der Waals surface area (Å²) in [7, 11) is 0. The Bertz CT molecular complexity index is 1080. The molecule has 0 heterocycles.